The summed E-state index contributed by atoms with van der Waals surface area (Å²) in [6.45, 7) is 0.584. The average Bonchev–Trinajstić information content (AvgIpc) is 2.64. The summed E-state index contributed by atoms with van der Waals surface area (Å²) < 4.78 is 4.56. The van der Waals surface area contributed by atoms with E-state index >= 15 is 0 Å². The number of ether oxygens (including phenoxy) is 1. The molecule has 0 saturated carbocycles. The third kappa shape index (κ3) is 7.10. The molecule has 0 unspecified atom stereocenters. The Hall–Kier alpha value is -2.61. The maximum absolute atomic E-state index is 11.9. The van der Waals surface area contributed by atoms with Crippen LogP contribution in [0.5, 0.6) is 0 Å². The first kappa shape index (κ1) is 19.7. The van der Waals surface area contributed by atoms with Crippen molar-refractivity contribution in [3.05, 3.63) is 58.0 Å². The number of aryl methyl sites for hydroxylation is 1. The second kappa shape index (κ2) is 10.4. The highest BCUT2D eigenvalue weighted by Gasteiger charge is 2.09. The first-order chi connectivity index (χ1) is 12.6. The molecular weight excluding hydrogens is 354 g/mol. The Morgan fingerprint density at radius 1 is 1.27 bits per heavy atom. The largest absolute Gasteiger partial charge is 0.469 e. The number of carbonyl (C=O) groups excluding carboxylic acids is 2. The van der Waals surface area contributed by atoms with Crippen molar-refractivity contribution in [2.45, 2.75) is 24.4 Å². The summed E-state index contributed by atoms with van der Waals surface area (Å²) in [5.74, 6) is -0.477. The maximum Gasteiger partial charge on any atom is 0.311 e. The minimum absolute atomic E-state index is 0.0837. The zero-order valence-corrected chi connectivity index (χ0v) is 15.3. The lowest BCUT2D eigenvalue weighted by atomic mass is 10.1. The molecule has 26 heavy (non-hydrogen) atoms. The van der Waals surface area contributed by atoms with Gasteiger partial charge in [0.05, 0.1) is 25.0 Å². The number of H-pyrrole nitrogens is 1. The predicted octanol–water partition coefficient (Wildman–Crippen LogP) is 1.33. The molecule has 1 aromatic heterocycles. The summed E-state index contributed by atoms with van der Waals surface area (Å²) in [6.07, 6.45) is 1.67. The molecule has 0 radical (unpaired) electrons. The molecule has 8 heteroatoms. The predicted molar refractivity (Wildman–Crippen MR) is 99.1 cm³/mol. The van der Waals surface area contributed by atoms with Crippen molar-refractivity contribution < 1.29 is 14.3 Å². The van der Waals surface area contributed by atoms with Crippen LogP contribution in [0.25, 0.3) is 0 Å². The molecule has 0 fully saturated rings. The number of hydrogen-bond acceptors (Lipinski definition) is 6. The Morgan fingerprint density at radius 3 is 2.77 bits per heavy atom. The van der Waals surface area contributed by atoms with Crippen LogP contribution in [0, 0.1) is 0 Å². The van der Waals surface area contributed by atoms with E-state index in [0.29, 0.717) is 17.4 Å². The number of esters is 1. The minimum Gasteiger partial charge on any atom is -0.469 e. The van der Waals surface area contributed by atoms with Gasteiger partial charge in [0.15, 0.2) is 5.16 Å². The van der Waals surface area contributed by atoms with Crippen molar-refractivity contribution in [3.8, 4) is 0 Å². The van der Waals surface area contributed by atoms with Gasteiger partial charge in [-0.1, -0.05) is 42.1 Å². The zero-order valence-electron chi connectivity index (χ0n) is 14.5. The van der Waals surface area contributed by atoms with Crippen molar-refractivity contribution in [1.82, 2.24) is 15.3 Å². The summed E-state index contributed by atoms with van der Waals surface area (Å²) in [6, 6.07) is 11.3. The quantitative estimate of drug-likeness (QED) is 0.297. The van der Waals surface area contributed by atoms with Crippen LogP contribution in [0.2, 0.25) is 0 Å². The SMILES string of the molecule is COC(=O)Cc1cc(=O)[nH]c(SCC(=O)NCCCc2ccccc2)n1. The number of benzene rings is 1. The number of nitrogens with one attached hydrogen (secondary N) is 2. The topological polar surface area (TPSA) is 101 Å². The van der Waals surface area contributed by atoms with E-state index in [1.165, 1.54) is 18.7 Å². The van der Waals surface area contributed by atoms with Crippen molar-refractivity contribution in [1.29, 1.82) is 0 Å². The van der Waals surface area contributed by atoms with Gasteiger partial charge in [0.2, 0.25) is 5.91 Å². The Morgan fingerprint density at radius 2 is 2.04 bits per heavy atom. The highest BCUT2D eigenvalue weighted by molar-refractivity contribution is 7.99. The van der Waals surface area contributed by atoms with Gasteiger partial charge >= 0.3 is 5.97 Å². The van der Waals surface area contributed by atoms with E-state index in [1.54, 1.807) is 0 Å². The molecular formula is C18H21N3O4S. The van der Waals surface area contributed by atoms with Gasteiger partial charge in [-0.2, -0.15) is 0 Å². The van der Waals surface area contributed by atoms with Gasteiger partial charge in [0.25, 0.3) is 5.56 Å². The lowest BCUT2D eigenvalue weighted by molar-refractivity contribution is -0.139. The van der Waals surface area contributed by atoms with E-state index in [9.17, 15) is 14.4 Å². The van der Waals surface area contributed by atoms with Crippen LogP contribution in [0.1, 0.15) is 17.7 Å². The molecule has 0 aliphatic heterocycles. The third-order valence-corrected chi connectivity index (χ3v) is 4.35. The van der Waals surface area contributed by atoms with Crippen LogP contribution < -0.4 is 10.9 Å². The molecule has 0 bridgehead atoms. The standard InChI is InChI=1S/C18H21N3O4S/c1-25-17(24)11-14-10-15(22)21-18(20-14)26-12-16(23)19-9-5-8-13-6-3-2-4-7-13/h2-4,6-7,10H,5,8-9,11-12H2,1H3,(H,19,23)(H,20,21,22). The van der Waals surface area contributed by atoms with E-state index < -0.39 is 5.97 Å². The molecule has 0 atom stereocenters. The maximum atomic E-state index is 11.9. The molecule has 0 aliphatic carbocycles. The van der Waals surface area contributed by atoms with E-state index in [0.717, 1.165) is 24.6 Å². The molecule has 2 aromatic rings. The Labute approximate surface area is 155 Å². The summed E-state index contributed by atoms with van der Waals surface area (Å²) in [5.41, 5.74) is 1.18. The number of rotatable bonds is 9. The van der Waals surface area contributed by atoms with Gasteiger partial charge in [-0.15, -0.1) is 0 Å². The monoisotopic (exact) mass is 375 g/mol. The zero-order chi connectivity index (χ0) is 18.8. The molecule has 1 aromatic carbocycles. The summed E-state index contributed by atoms with van der Waals surface area (Å²) >= 11 is 1.12. The van der Waals surface area contributed by atoms with Gasteiger partial charge in [0.1, 0.15) is 0 Å². The fourth-order valence-corrected chi connectivity index (χ4v) is 2.94. The number of aromatic nitrogens is 2. The minimum atomic E-state index is -0.477. The molecule has 0 spiro atoms. The molecule has 7 nitrogen and oxygen atoms in total. The van der Waals surface area contributed by atoms with Crippen LogP contribution in [-0.2, 0) is 27.2 Å². The van der Waals surface area contributed by atoms with Gasteiger partial charge < -0.3 is 15.0 Å². The molecule has 2 N–H and O–H groups in total. The lowest BCUT2D eigenvalue weighted by Gasteiger charge is -2.06. The number of hydrogen-bond donors (Lipinski definition) is 2. The van der Waals surface area contributed by atoms with Crippen LogP contribution in [-0.4, -0.2) is 41.3 Å². The number of nitrogens with zero attached hydrogens (tertiary/aromatic N) is 1. The number of aromatic amines is 1. The number of carbonyl (C=O) groups is 2. The van der Waals surface area contributed by atoms with Gasteiger partial charge in [-0.25, -0.2) is 4.98 Å². The van der Waals surface area contributed by atoms with Crippen LogP contribution in [0.3, 0.4) is 0 Å². The summed E-state index contributed by atoms with van der Waals surface area (Å²) in [4.78, 5) is 41.5. The number of amides is 1. The van der Waals surface area contributed by atoms with Gasteiger partial charge in [-0.05, 0) is 18.4 Å². The summed E-state index contributed by atoms with van der Waals surface area (Å²) in [7, 11) is 1.27. The Bertz CT molecular complexity index is 793. The first-order valence-electron chi connectivity index (χ1n) is 8.17. The Kier molecular flexibility index (Phi) is 7.88. The second-order valence-electron chi connectivity index (χ2n) is 5.52. The van der Waals surface area contributed by atoms with E-state index in [2.05, 4.69) is 32.2 Å². The van der Waals surface area contributed by atoms with Crippen molar-refractivity contribution >= 4 is 23.6 Å². The Balaban J connectivity index is 1.74. The molecule has 0 saturated heterocycles. The van der Waals surface area contributed by atoms with Gasteiger partial charge in [-0.3, -0.25) is 14.4 Å². The number of methoxy groups -OCH3 is 1. The van der Waals surface area contributed by atoms with Crippen molar-refractivity contribution in [2.75, 3.05) is 19.4 Å². The number of thioether (sulfide) groups is 1. The summed E-state index contributed by atoms with van der Waals surface area (Å²) in [5, 5.41) is 3.14. The molecule has 1 heterocycles. The highest BCUT2D eigenvalue weighted by atomic mass is 32.2. The molecule has 0 aliphatic rings. The normalized spacial score (nSPS) is 10.3. The van der Waals surface area contributed by atoms with E-state index in [-0.39, 0.29) is 23.6 Å². The van der Waals surface area contributed by atoms with Crippen LogP contribution in [0.4, 0.5) is 0 Å². The fraction of sp³-hybridized carbons (Fsp3) is 0.333. The highest BCUT2D eigenvalue weighted by Crippen LogP contribution is 2.11. The molecule has 138 valence electrons. The van der Waals surface area contributed by atoms with E-state index in [4.69, 9.17) is 0 Å². The smallest absolute Gasteiger partial charge is 0.311 e. The fourth-order valence-electron chi connectivity index (χ4n) is 2.21. The second-order valence-corrected chi connectivity index (χ2v) is 6.49. The molecule has 1 amide bonds. The lowest BCUT2D eigenvalue weighted by Crippen LogP contribution is -2.26. The first-order valence-corrected chi connectivity index (χ1v) is 9.16. The van der Waals surface area contributed by atoms with Crippen LogP contribution in [0.15, 0.2) is 46.3 Å². The molecule has 2 rings (SSSR count). The van der Waals surface area contributed by atoms with Crippen molar-refractivity contribution in [3.63, 3.8) is 0 Å². The van der Waals surface area contributed by atoms with Crippen molar-refractivity contribution in [2.24, 2.45) is 0 Å². The van der Waals surface area contributed by atoms with E-state index in [1.807, 2.05) is 18.2 Å². The third-order valence-electron chi connectivity index (χ3n) is 3.47. The van der Waals surface area contributed by atoms with Crippen LogP contribution >= 0.6 is 11.8 Å². The average molecular weight is 375 g/mol. The van der Waals surface area contributed by atoms with Gasteiger partial charge in [0, 0.05) is 12.6 Å².